The van der Waals surface area contributed by atoms with Crippen LogP contribution in [0.25, 0.3) is 4.96 Å². The summed E-state index contributed by atoms with van der Waals surface area (Å²) < 4.78 is 1.63. The number of fused-ring (bicyclic) bond motifs is 1. The van der Waals surface area contributed by atoms with Crippen LogP contribution in [0.3, 0.4) is 0 Å². The van der Waals surface area contributed by atoms with Gasteiger partial charge in [-0.3, -0.25) is 9.20 Å². The molecule has 0 saturated carbocycles. The Hall–Kier alpha value is -1.16. The van der Waals surface area contributed by atoms with Crippen molar-refractivity contribution in [2.75, 3.05) is 0 Å². The maximum absolute atomic E-state index is 11.9. The van der Waals surface area contributed by atoms with E-state index in [4.69, 9.17) is 0 Å². The lowest BCUT2D eigenvalue weighted by molar-refractivity contribution is 0.862. The van der Waals surface area contributed by atoms with Crippen LogP contribution >= 0.6 is 11.3 Å². The van der Waals surface area contributed by atoms with E-state index < -0.39 is 0 Å². The number of nitrogens with zero attached hydrogens (tertiary/aromatic N) is 2. The van der Waals surface area contributed by atoms with Gasteiger partial charge in [-0.25, -0.2) is 4.98 Å². The number of hydrogen-bond acceptors (Lipinski definition) is 3. The second-order valence-electron chi connectivity index (χ2n) is 3.29. The summed E-state index contributed by atoms with van der Waals surface area (Å²) >= 11 is 1.49. The highest BCUT2D eigenvalue weighted by atomic mass is 32.1. The Morgan fingerprint density at radius 1 is 1.57 bits per heavy atom. The van der Waals surface area contributed by atoms with Gasteiger partial charge in [-0.2, -0.15) is 0 Å². The summed E-state index contributed by atoms with van der Waals surface area (Å²) in [5, 5.41) is 1.89. The minimum Gasteiger partial charge on any atom is -0.269 e. The molecular formula is C10H12N2OS. The fourth-order valence-corrected chi connectivity index (χ4v) is 2.31. The van der Waals surface area contributed by atoms with Crippen molar-refractivity contribution >= 4 is 16.3 Å². The van der Waals surface area contributed by atoms with Gasteiger partial charge in [-0.1, -0.05) is 13.3 Å². The van der Waals surface area contributed by atoms with Gasteiger partial charge in [0.15, 0.2) is 4.96 Å². The van der Waals surface area contributed by atoms with Crippen molar-refractivity contribution in [2.24, 2.45) is 0 Å². The van der Waals surface area contributed by atoms with Gasteiger partial charge in [0.1, 0.15) is 0 Å². The van der Waals surface area contributed by atoms with Crippen molar-refractivity contribution in [1.82, 2.24) is 9.38 Å². The predicted molar refractivity (Wildman–Crippen MR) is 58.1 cm³/mol. The van der Waals surface area contributed by atoms with Crippen molar-refractivity contribution < 1.29 is 0 Å². The molecule has 2 heterocycles. The molecule has 4 heteroatoms. The molecule has 3 nitrogen and oxygen atoms in total. The Balaban J connectivity index is 2.76. The second-order valence-corrected chi connectivity index (χ2v) is 4.16. The summed E-state index contributed by atoms with van der Waals surface area (Å²) in [6, 6.07) is 0. The van der Waals surface area contributed by atoms with Gasteiger partial charge < -0.3 is 0 Å². The third kappa shape index (κ3) is 1.35. The third-order valence-corrected chi connectivity index (χ3v) is 3.02. The molecule has 2 aromatic heterocycles. The maximum Gasteiger partial charge on any atom is 0.261 e. The van der Waals surface area contributed by atoms with Gasteiger partial charge in [0, 0.05) is 22.8 Å². The molecule has 2 aromatic rings. The number of hydrogen-bond donors (Lipinski definition) is 0. The van der Waals surface area contributed by atoms with E-state index in [1.54, 1.807) is 10.6 Å². The average molecular weight is 208 g/mol. The van der Waals surface area contributed by atoms with Gasteiger partial charge in [0.05, 0.1) is 0 Å². The molecule has 0 spiro atoms. The van der Waals surface area contributed by atoms with E-state index >= 15 is 0 Å². The first-order chi connectivity index (χ1) is 6.74. The third-order valence-electron chi connectivity index (χ3n) is 2.27. The SMILES string of the molecule is CCCc1c(C)nc2sccn2c1=O. The van der Waals surface area contributed by atoms with Crippen LogP contribution in [-0.4, -0.2) is 9.38 Å². The Kier molecular flexibility index (Phi) is 2.37. The first-order valence-electron chi connectivity index (χ1n) is 4.69. The summed E-state index contributed by atoms with van der Waals surface area (Å²) in [4.78, 5) is 17.1. The highest BCUT2D eigenvalue weighted by Crippen LogP contribution is 2.10. The van der Waals surface area contributed by atoms with Crippen molar-refractivity contribution in [3.8, 4) is 0 Å². The smallest absolute Gasteiger partial charge is 0.261 e. The summed E-state index contributed by atoms with van der Waals surface area (Å²) in [6.07, 6.45) is 3.58. The van der Waals surface area contributed by atoms with Crippen molar-refractivity contribution in [1.29, 1.82) is 0 Å². The summed E-state index contributed by atoms with van der Waals surface area (Å²) in [7, 11) is 0. The molecule has 2 rings (SSSR count). The van der Waals surface area contributed by atoms with E-state index in [1.165, 1.54) is 11.3 Å². The summed E-state index contributed by atoms with van der Waals surface area (Å²) in [6.45, 7) is 3.98. The first-order valence-corrected chi connectivity index (χ1v) is 5.57. The Labute approximate surface area is 86.0 Å². The Morgan fingerprint density at radius 3 is 3.07 bits per heavy atom. The number of aryl methyl sites for hydroxylation is 1. The fourth-order valence-electron chi connectivity index (χ4n) is 1.56. The molecule has 0 unspecified atom stereocenters. The number of rotatable bonds is 2. The molecule has 74 valence electrons. The minimum absolute atomic E-state index is 0.0931. The molecule has 0 aliphatic rings. The van der Waals surface area contributed by atoms with Crippen molar-refractivity contribution in [3.63, 3.8) is 0 Å². The first kappa shape index (κ1) is 9.40. The van der Waals surface area contributed by atoms with Crippen molar-refractivity contribution in [2.45, 2.75) is 26.7 Å². The zero-order valence-electron chi connectivity index (χ0n) is 8.28. The number of aromatic nitrogens is 2. The van der Waals surface area contributed by atoms with Crippen LogP contribution in [0.2, 0.25) is 0 Å². The van der Waals surface area contributed by atoms with Crippen molar-refractivity contribution in [3.05, 3.63) is 33.2 Å². The highest BCUT2D eigenvalue weighted by molar-refractivity contribution is 7.15. The lowest BCUT2D eigenvalue weighted by Crippen LogP contribution is -2.19. The van der Waals surface area contributed by atoms with Gasteiger partial charge in [-0.05, 0) is 13.3 Å². The lowest BCUT2D eigenvalue weighted by Gasteiger charge is -2.02. The van der Waals surface area contributed by atoms with E-state index in [0.717, 1.165) is 29.1 Å². The molecule has 0 aliphatic carbocycles. The molecule has 0 atom stereocenters. The van der Waals surface area contributed by atoms with Crippen LogP contribution < -0.4 is 5.56 Å². The van der Waals surface area contributed by atoms with E-state index in [-0.39, 0.29) is 5.56 Å². The zero-order valence-corrected chi connectivity index (χ0v) is 9.10. The average Bonchev–Trinajstić information content (AvgIpc) is 2.60. The van der Waals surface area contributed by atoms with Gasteiger partial charge in [-0.15, -0.1) is 11.3 Å². The predicted octanol–water partition coefficient (Wildman–Crippen LogP) is 2.02. The zero-order chi connectivity index (χ0) is 10.1. The van der Waals surface area contributed by atoms with Gasteiger partial charge >= 0.3 is 0 Å². The topological polar surface area (TPSA) is 34.4 Å². The molecular weight excluding hydrogens is 196 g/mol. The molecule has 0 aromatic carbocycles. The molecule has 0 saturated heterocycles. The van der Waals surface area contributed by atoms with Gasteiger partial charge in [0.2, 0.25) is 0 Å². The molecule has 14 heavy (non-hydrogen) atoms. The summed E-state index contributed by atoms with van der Waals surface area (Å²) in [5.41, 5.74) is 1.82. The minimum atomic E-state index is 0.0931. The van der Waals surface area contributed by atoms with Gasteiger partial charge in [0.25, 0.3) is 5.56 Å². The van der Waals surface area contributed by atoms with E-state index in [0.29, 0.717) is 0 Å². The quantitative estimate of drug-likeness (QED) is 0.756. The maximum atomic E-state index is 11.9. The Morgan fingerprint density at radius 2 is 2.36 bits per heavy atom. The normalized spacial score (nSPS) is 11.0. The molecule has 0 fully saturated rings. The highest BCUT2D eigenvalue weighted by Gasteiger charge is 2.08. The van der Waals surface area contributed by atoms with Crippen LogP contribution in [0.15, 0.2) is 16.4 Å². The van der Waals surface area contributed by atoms with E-state index in [1.807, 2.05) is 12.3 Å². The molecule has 0 amide bonds. The molecule has 0 aliphatic heterocycles. The van der Waals surface area contributed by atoms with Crippen LogP contribution in [0.5, 0.6) is 0 Å². The van der Waals surface area contributed by atoms with Crippen LogP contribution in [-0.2, 0) is 6.42 Å². The van der Waals surface area contributed by atoms with Crippen LogP contribution in [0.4, 0.5) is 0 Å². The largest absolute Gasteiger partial charge is 0.269 e. The standard InChI is InChI=1S/C10H12N2OS/c1-3-4-8-7(2)11-10-12(9(8)13)5-6-14-10/h5-6H,3-4H2,1-2H3. The molecule has 0 radical (unpaired) electrons. The summed E-state index contributed by atoms with van der Waals surface area (Å²) in [5.74, 6) is 0. The second kappa shape index (κ2) is 3.53. The monoisotopic (exact) mass is 208 g/mol. The van der Waals surface area contributed by atoms with E-state index in [2.05, 4.69) is 11.9 Å². The van der Waals surface area contributed by atoms with Crippen LogP contribution in [0, 0.1) is 6.92 Å². The van der Waals surface area contributed by atoms with Crippen LogP contribution in [0.1, 0.15) is 24.6 Å². The van der Waals surface area contributed by atoms with E-state index in [9.17, 15) is 4.79 Å². The molecule has 0 bridgehead atoms. The fraction of sp³-hybridized carbons (Fsp3) is 0.400. The Bertz CT molecular complexity index is 512. The molecule has 0 N–H and O–H groups in total. The lowest BCUT2D eigenvalue weighted by atomic mass is 10.1. The number of thiazole rings is 1.